The van der Waals surface area contributed by atoms with Crippen molar-refractivity contribution in [3.63, 3.8) is 0 Å². The van der Waals surface area contributed by atoms with Crippen molar-refractivity contribution in [1.82, 2.24) is 0 Å². The fraction of sp³-hybridized carbons (Fsp3) is 0.667. The summed E-state index contributed by atoms with van der Waals surface area (Å²) in [5, 5.41) is 0. The van der Waals surface area contributed by atoms with Gasteiger partial charge in [-0.2, -0.15) is 6.42 Å². The topological polar surface area (TPSA) is 0 Å². The smallest absolute Gasteiger partial charge is 0.344 e. The maximum Gasteiger partial charge on any atom is 3.00 e. The second-order valence-corrected chi connectivity index (χ2v) is 0.500. The molecule has 0 aliphatic carbocycles. The third-order valence-electron chi connectivity index (χ3n) is 0. The van der Waals surface area contributed by atoms with Gasteiger partial charge in [0, 0.05) is 0 Å². The molecule has 0 rings (SSSR count). The van der Waals surface area contributed by atoms with E-state index < -0.39 is 0 Å². The van der Waals surface area contributed by atoms with E-state index in [9.17, 15) is 0 Å². The van der Waals surface area contributed by atoms with Gasteiger partial charge in [-0.25, -0.2) is 0 Å². The standard InChI is InChI=1S/C3H7.Y/c1-3-2;/h1,3H2,2H3;/q-1;+3. The van der Waals surface area contributed by atoms with Crippen LogP contribution in [0.4, 0.5) is 0 Å². The molecule has 0 bridgehead atoms. The Kier molecular flexibility index (Phi) is 19.9. The first-order chi connectivity index (χ1) is 1.41. The molecule has 0 aliphatic rings. The SMILES string of the molecule is [CH2-]CC.[Y+3]. The van der Waals surface area contributed by atoms with E-state index in [2.05, 4.69) is 6.92 Å². The van der Waals surface area contributed by atoms with Crippen LogP contribution in [0.5, 0.6) is 0 Å². The van der Waals surface area contributed by atoms with E-state index in [1.165, 1.54) is 0 Å². The zero-order valence-electron chi connectivity index (χ0n) is 2.99. The molecule has 0 atom stereocenters. The van der Waals surface area contributed by atoms with Gasteiger partial charge in [0.2, 0.25) is 0 Å². The molecule has 0 amide bonds. The van der Waals surface area contributed by atoms with Gasteiger partial charge in [0.25, 0.3) is 0 Å². The molecule has 20 valence electrons. The van der Waals surface area contributed by atoms with Crippen LogP contribution in [0.15, 0.2) is 0 Å². The quantitative estimate of drug-likeness (QED) is 0.435. The molecular formula is C3H7Y+2. The van der Waals surface area contributed by atoms with Crippen LogP contribution in [-0.2, 0) is 32.7 Å². The normalized spacial score (nSPS) is 4.50. The van der Waals surface area contributed by atoms with Crippen LogP contribution in [0.25, 0.3) is 0 Å². The van der Waals surface area contributed by atoms with Crippen molar-refractivity contribution in [3.05, 3.63) is 6.92 Å². The van der Waals surface area contributed by atoms with Crippen LogP contribution < -0.4 is 0 Å². The predicted octanol–water partition coefficient (Wildman–Crippen LogP) is 1.23. The van der Waals surface area contributed by atoms with Gasteiger partial charge >= 0.3 is 32.7 Å². The van der Waals surface area contributed by atoms with E-state index in [-0.39, 0.29) is 32.7 Å². The van der Waals surface area contributed by atoms with Gasteiger partial charge in [0.15, 0.2) is 0 Å². The molecule has 0 unspecified atom stereocenters. The summed E-state index contributed by atoms with van der Waals surface area (Å²) in [7, 11) is 0. The Bertz CT molecular complexity index is 3.25. The summed E-state index contributed by atoms with van der Waals surface area (Å²) in [6.45, 7) is 5.50. The van der Waals surface area contributed by atoms with Crippen LogP contribution >= 0.6 is 0 Å². The van der Waals surface area contributed by atoms with Crippen LogP contribution in [0, 0.1) is 6.92 Å². The minimum absolute atomic E-state index is 0. The van der Waals surface area contributed by atoms with Crippen molar-refractivity contribution in [3.8, 4) is 0 Å². The van der Waals surface area contributed by atoms with Crippen molar-refractivity contribution in [2.75, 3.05) is 0 Å². The maximum absolute atomic E-state index is 3.49. The minimum atomic E-state index is 0. The van der Waals surface area contributed by atoms with Gasteiger partial charge in [0.1, 0.15) is 0 Å². The Hall–Kier alpha value is 1.10. The van der Waals surface area contributed by atoms with E-state index in [1.807, 2.05) is 6.92 Å². The first-order valence-electron chi connectivity index (χ1n) is 1.21. The molecular weight excluding hydrogens is 125 g/mol. The molecule has 0 spiro atoms. The summed E-state index contributed by atoms with van der Waals surface area (Å²) >= 11 is 0. The molecule has 0 saturated carbocycles. The van der Waals surface area contributed by atoms with Gasteiger partial charge in [-0.1, -0.05) is 6.92 Å². The zero-order valence-corrected chi connectivity index (χ0v) is 5.83. The molecule has 1 heteroatoms. The molecule has 0 fully saturated rings. The Morgan fingerprint density at radius 1 is 1.75 bits per heavy atom. The maximum atomic E-state index is 3.49. The molecule has 0 aromatic heterocycles. The molecule has 0 nitrogen and oxygen atoms in total. The van der Waals surface area contributed by atoms with Crippen molar-refractivity contribution >= 4 is 0 Å². The summed E-state index contributed by atoms with van der Waals surface area (Å²) in [5.41, 5.74) is 0. The Labute approximate surface area is 52.9 Å². The number of hydrogen-bond donors (Lipinski definition) is 0. The summed E-state index contributed by atoms with van der Waals surface area (Å²) in [6.07, 6.45) is 1.00. The molecule has 4 heavy (non-hydrogen) atoms. The molecule has 0 aromatic rings. The average molecular weight is 132 g/mol. The van der Waals surface area contributed by atoms with E-state index in [0.29, 0.717) is 0 Å². The molecule has 0 aromatic carbocycles. The largest absolute Gasteiger partial charge is 3.00 e. The van der Waals surface area contributed by atoms with Crippen molar-refractivity contribution in [2.45, 2.75) is 13.3 Å². The van der Waals surface area contributed by atoms with E-state index >= 15 is 0 Å². The Balaban J connectivity index is 0. The zero-order chi connectivity index (χ0) is 2.71. The fourth-order valence-corrected chi connectivity index (χ4v) is 0. The van der Waals surface area contributed by atoms with Gasteiger partial charge in [-0.05, 0) is 0 Å². The number of rotatable bonds is 0. The minimum Gasteiger partial charge on any atom is -0.344 e. The van der Waals surface area contributed by atoms with Gasteiger partial charge < -0.3 is 6.92 Å². The van der Waals surface area contributed by atoms with Crippen molar-refractivity contribution < 1.29 is 32.7 Å². The summed E-state index contributed by atoms with van der Waals surface area (Å²) in [4.78, 5) is 0. The first-order valence-corrected chi connectivity index (χ1v) is 1.21. The van der Waals surface area contributed by atoms with Crippen LogP contribution in [0.2, 0.25) is 0 Å². The van der Waals surface area contributed by atoms with Gasteiger partial charge in [-0.15, -0.1) is 0 Å². The Morgan fingerprint density at radius 2 is 1.75 bits per heavy atom. The summed E-state index contributed by atoms with van der Waals surface area (Å²) in [5.74, 6) is 0. The predicted molar refractivity (Wildman–Crippen MR) is 15.6 cm³/mol. The Morgan fingerprint density at radius 3 is 1.75 bits per heavy atom. The fourth-order valence-electron chi connectivity index (χ4n) is 0. The van der Waals surface area contributed by atoms with E-state index in [1.54, 1.807) is 0 Å². The van der Waals surface area contributed by atoms with Gasteiger partial charge in [-0.3, -0.25) is 0 Å². The van der Waals surface area contributed by atoms with E-state index in [0.717, 1.165) is 6.42 Å². The monoisotopic (exact) mass is 132 g/mol. The average Bonchev–Trinajstić information content (AvgIpc) is 0.918. The second-order valence-electron chi connectivity index (χ2n) is 0.500. The second kappa shape index (κ2) is 8.93. The third-order valence-corrected chi connectivity index (χ3v) is 0. The molecule has 0 N–H and O–H groups in total. The van der Waals surface area contributed by atoms with E-state index in [4.69, 9.17) is 0 Å². The molecule has 0 aliphatic heterocycles. The van der Waals surface area contributed by atoms with Crippen LogP contribution in [-0.4, -0.2) is 0 Å². The summed E-state index contributed by atoms with van der Waals surface area (Å²) < 4.78 is 0. The first kappa shape index (κ1) is 8.92. The number of hydrogen-bond acceptors (Lipinski definition) is 0. The molecule has 0 radical (unpaired) electrons. The summed E-state index contributed by atoms with van der Waals surface area (Å²) in [6, 6.07) is 0. The van der Waals surface area contributed by atoms with Gasteiger partial charge in [0.05, 0.1) is 0 Å². The van der Waals surface area contributed by atoms with Crippen molar-refractivity contribution in [2.24, 2.45) is 0 Å². The van der Waals surface area contributed by atoms with Crippen LogP contribution in [0.3, 0.4) is 0 Å². The molecule has 0 saturated heterocycles. The molecule has 0 heterocycles. The third kappa shape index (κ3) is 11.3. The van der Waals surface area contributed by atoms with Crippen molar-refractivity contribution in [1.29, 1.82) is 0 Å². The van der Waals surface area contributed by atoms with Crippen LogP contribution in [0.1, 0.15) is 13.3 Å².